The lowest BCUT2D eigenvalue weighted by molar-refractivity contribution is 0.306. The zero-order valence-electron chi connectivity index (χ0n) is 12.6. The van der Waals surface area contributed by atoms with Crippen molar-refractivity contribution in [3.63, 3.8) is 0 Å². The van der Waals surface area contributed by atoms with E-state index in [9.17, 15) is 0 Å². The van der Waals surface area contributed by atoms with Gasteiger partial charge in [-0.15, -0.1) is 0 Å². The van der Waals surface area contributed by atoms with Crippen molar-refractivity contribution in [1.29, 1.82) is 0 Å². The largest absolute Gasteiger partial charge is 0.339 e. The van der Waals surface area contributed by atoms with Crippen LogP contribution < -0.4 is 5.73 Å². The lowest BCUT2D eigenvalue weighted by atomic mass is 9.82. The van der Waals surface area contributed by atoms with Crippen molar-refractivity contribution < 1.29 is 4.52 Å². The third-order valence-electron chi connectivity index (χ3n) is 5.15. The fourth-order valence-electron chi connectivity index (χ4n) is 3.88. The van der Waals surface area contributed by atoms with E-state index >= 15 is 0 Å². The number of aromatic nitrogens is 2. The lowest BCUT2D eigenvalue weighted by Gasteiger charge is -2.24. The first-order valence-electron chi connectivity index (χ1n) is 8.33. The molecule has 2 N–H and O–H groups in total. The summed E-state index contributed by atoms with van der Waals surface area (Å²) in [6.07, 6.45) is 11.0. The molecule has 0 aromatic carbocycles. The highest BCUT2D eigenvalue weighted by Crippen LogP contribution is 2.36. The number of hydrogen-bond acceptors (Lipinski definition) is 4. The molecule has 3 rings (SSSR count). The van der Waals surface area contributed by atoms with E-state index in [1.807, 2.05) is 0 Å². The van der Waals surface area contributed by atoms with E-state index in [4.69, 9.17) is 15.2 Å². The molecule has 20 heavy (non-hydrogen) atoms. The van der Waals surface area contributed by atoms with Gasteiger partial charge in [0.2, 0.25) is 5.89 Å². The second-order valence-corrected chi connectivity index (χ2v) is 6.87. The number of rotatable bonds is 2. The Labute approximate surface area is 121 Å². The van der Waals surface area contributed by atoms with E-state index in [2.05, 4.69) is 12.1 Å². The summed E-state index contributed by atoms with van der Waals surface area (Å²) >= 11 is 0. The predicted octanol–water partition coefficient (Wildman–Crippen LogP) is 3.74. The van der Waals surface area contributed by atoms with Gasteiger partial charge in [0.15, 0.2) is 5.82 Å². The first-order chi connectivity index (χ1) is 9.74. The summed E-state index contributed by atoms with van der Waals surface area (Å²) in [4.78, 5) is 4.73. The van der Waals surface area contributed by atoms with Gasteiger partial charge in [0, 0.05) is 12.0 Å². The van der Waals surface area contributed by atoms with Crippen LogP contribution in [0, 0.1) is 5.92 Å². The van der Waals surface area contributed by atoms with Gasteiger partial charge in [0.25, 0.3) is 0 Å². The average Bonchev–Trinajstić information content (AvgIpc) is 2.82. The summed E-state index contributed by atoms with van der Waals surface area (Å²) in [5.41, 5.74) is 6.29. The fraction of sp³-hybridized carbons (Fsp3) is 0.875. The van der Waals surface area contributed by atoms with Gasteiger partial charge in [0.05, 0.1) is 5.92 Å². The summed E-state index contributed by atoms with van der Waals surface area (Å²) in [6, 6.07) is 0.191. The SMILES string of the molecule is CC1CCCC(c2noc(C3CCCCCC3N)n2)C1. The number of nitrogens with zero attached hydrogens (tertiary/aromatic N) is 2. The highest BCUT2D eigenvalue weighted by atomic mass is 16.5. The zero-order chi connectivity index (χ0) is 13.9. The van der Waals surface area contributed by atoms with E-state index in [0.29, 0.717) is 5.92 Å². The van der Waals surface area contributed by atoms with Gasteiger partial charge in [-0.1, -0.05) is 44.2 Å². The maximum Gasteiger partial charge on any atom is 0.231 e. The average molecular weight is 277 g/mol. The minimum absolute atomic E-state index is 0.191. The van der Waals surface area contributed by atoms with Crippen LogP contribution in [0.2, 0.25) is 0 Å². The Bertz CT molecular complexity index is 431. The first kappa shape index (κ1) is 14.1. The van der Waals surface area contributed by atoms with Crippen LogP contribution in [0.1, 0.15) is 88.3 Å². The molecule has 0 spiro atoms. The third kappa shape index (κ3) is 3.05. The Morgan fingerprint density at radius 3 is 2.75 bits per heavy atom. The van der Waals surface area contributed by atoms with E-state index in [1.165, 1.54) is 44.9 Å². The molecule has 0 bridgehead atoms. The molecule has 4 atom stereocenters. The smallest absolute Gasteiger partial charge is 0.231 e. The number of nitrogens with two attached hydrogens (primary N) is 1. The highest BCUT2D eigenvalue weighted by molar-refractivity contribution is 5.03. The molecule has 0 radical (unpaired) electrons. The Morgan fingerprint density at radius 2 is 1.90 bits per heavy atom. The van der Waals surface area contributed by atoms with Gasteiger partial charge < -0.3 is 10.3 Å². The van der Waals surface area contributed by atoms with Crippen LogP contribution >= 0.6 is 0 Å². The van der Waals surface area contributed by atoms with Gasteiger partial charge in [-0.2, -0.15) is 4.98 Å². The van der Waals surface area contributed by atoms with E-state index in [-0.39, 0.29) is 12.0 Å². The Balaban J connectivity index is 1.72. The van der Waals surface area contributed by atoms with Crippen molar-refractivity contribution in [2.45, 2.75) is 82.6 Å². The second kappa shape index (κ2) is 6.25. The summed E-state index contributed by atoms with van der Waals surface area (Å²) in [7, 11) is 0. The van der Waals surface area contributed by atoms with Gasteiger partial charge in [0.1, 0.15) is 0 Å². The van der Waals surface area contributed by atoms with Gasteiger partial charge in [-0.05, 0) is 31.6 Å². The fourth-order valence-corrected chi connectivity index (χ4v) is 3.88. The van der Waals surface area contributed by atoms with E-state index in [1.54, 1.807) is 0 Å². The zero-order valence-corrected chi connectivity index (χ0v) is 12.6. The molecule has 2 saturated carbocycles. The molecule has 112 valence electrons. The van der Waals surface area contributed by atoms with E-state index < -0.39 is 0 Å². The first-order valence-corrected chi connectivity index (χ1v) is 8.33. The highest BCUT2D eigenvalue weighted by Gasteiger charge is 2.30. The molecule has 1 aromatic heterocycles. The Hall–Kier alpha value is -0.900. The Kier molecular flexibility index (Phi) is 4.39. The predicted molar refractivity (Wildman–Crippen MR) is 78.5 cm³/mol. The van der Waals surface area contributed by atoms with Gasteiger partial charge in [-0.25, -0.2) is 0 Å². The van der Waals surface area contributed by atoms with Crippen molar-refractivity contribution in [3.8, 4) is 0 Å². The van der Waals surface area contributed by atoms with Crippen molar-refractivity contribution in [2.75, 3.05) is 0 Å². The molecule has 2 fully saturated rings. The molecule has 1 aromatic rings. The third-order valence-corrected chi connectivity index (χ3v) is 5.15. The van der Waals surface area contributed by atoms with Crippen molar-refractivity contribution >= 4 is 0 Å². The summed E-state index contributed by atoms with van der Waals surface area (Å²) in [5, 5.41) is 4.27. The normalized spacial score (nSPS) is 35.7. The molecule has 0 amide bonds. The molecule has 2 aliphatic carbocycles. The van der Waals surface area contributed by atoms with Crippen molar-refractivity contribution in [2.24, 2.45) is 11.7 Å². The molecule has 1 heterocycles. The molecular weight excluding hydrogens is 250 g/mol. The maximum absolute atomic E-state index is 6.29. The van der Waals surface area contributed by atoms with Gasteiger partial charge in [-0.3, -0.25) is 0 Å². The molecule has 4 heteroatoms. The van der Waals surface area contributed by atoms with Crippen molar-refractivity contribution in [1.82, 2.24) is 10.1 Å². The molecule has 2 aliphatic rings. The molecular formula is C16H27N3O. The standard InChI is InChI=1S/C16H27N3O/c1-11-6-5-7-12(10-11)15-18-16(20-19-15)13-8-3-2-4-9-14(13)17/h11-14H,2-10,17H2,1H3. The lowest BCUT2D eigenvalue weighted by Crippen LogP contribution is -2.27. The van der Waals surface area contributed by atoms with Crippen LogP contribution in [0.3, 0.4) is 0 Å². The quantitative estimate of drug-likeness (QED) is 0.836. The molecule has 0 saturated heterocycles. The maximum atomic E-state index is 6.29. The Morgan fingerprint density at radius 1 is 1.05 bits per heavy atom. The van der Waals surface area contributed by atoms with Crippen LogP contribution in [0.25, 0.3) is 0 Å². The molecule has 0 aliphatic heterocycles. The van der Waals surface area contributed by atoms with Crippen LogP contribution in [-0.4, -0.2) is 16.2 Å². The summed E-state index contributed by atoms with van der Waals surface area (Å²) in [6.45, 7) is 2.33. The number of hydrogen-bond donors (Lipinski definition) is 1. The summed E-state index contributed by atoms with van der Waals surface area (Å²) < 4.78 is 5.58. The second-order valence-electron chi connectivity index (χ2n) is 6.87. The van der Waals surface area contributed by atoms with Crippen LogP contribution in [-0.2, 0) is 0 Å². The topological polar surface area (TPSA) is 64.9 Å². The van der Waals surface area contributed by atoms with Crippen LogP contribution in [0.15, 0.2) is 4.52 Å². The van der Waals surface area contributed by atoms with Crippen LogP contribution in [0.5, 0.6) is 0 Å². The van der Waals surface area contributed by atoms with Crippen molar-refractivity contribution in [3.05, 3.63) is 11.7 Å². The monoisotopic (exact) mass is 277 g/mol. The minimum Gasteiger partial charge on any atom is -0.339 e. The van der Waals surface area contributed by atoms with Crippen LogP contribution in [0.4, 0.5) is 0 Å². The minimum atomic E-state index is 0.191. The molecule has 4 unspecified atom stereocenters. The van der Waals surface area contributed by atoms with Gasteiger partial charge >= 0.3 is 0 Å². The summed E-state index contributed by atoms with van der Waals surface area (Å²) in [5.74, 6) is 3.30. The van der Waals surface area contributed by atoms with E-state index in [0.717, 1.165) is 30.5 Å². The molecule has 4 nitrogen and oxygen atoms in total.